The lowest BCUT2D eigenvalue weighted by Gasteiger charge is -2.32. The first kappa shape index (κ1) is 21.4. The first-order valence-electron chi connectivity index (χ1n) is 10.1. The molecule has 0 aliphatic carbocycles. The monoisotopic (exact) mass is 435 g/mol. The second-order valence-corrected chi connectivity index (χ2v) is 7.78. The van der Waals surface area contributed by atoms with Crippen molar-refractivity contribution in [2.45, 2.75) is 38.4 Å². The van der Waals surface area contributed by atoms with Gasteiger partial charge in [0, 0.05) is 30.3 Å². The van der Waals surface area contributed by atoms with Crippen LogP contribution in [-0.2, 0) is 12.7 Å². The van der Waals surface area contributed by atoms with Gasteiger partial charge in [-0.05, 0) is 38.4 Å². The van der Waals surface area contributed by atoms with Crippen molar-refractivity contribution in [3.05, 3.63) is 46.8 Å². The van der Waals surface area contributed by atoms with Gasteiger partial charge >= 0.3 is 6.18 Å². The van der Waals surface area contributed by atoms with Gasteiger partial charge in [0.05, 0.1) is 30.9 Å². The highest BCUT2D eigenvalue weighted by Crippen LogP contribution is 2.40. The lowest BCUT2D eigenvalue weighted by molar-refractivity contribution is -0.136. The Labute approximate surface area is 177 Å². The Morgan fingerprint density at radius 1 is 1.23 bits per heavy atom. The fraction of sp³-hybridized carbons (Fsp3) is 0.455. The molecule has 0 radical (unpaired) electrons. The van der Waals surface area contributed by atoms with Crippen LogP contribution in [0.3, 0.4) is 0 Å². The lowest BCUT2D eigenvalue weighted by Crippen LogP contribution is -2.34. The number of pyridine rings is 1. The third-order valence-corrected chi connectivity index (χ3v) is 5.68. The Bertz CT molecular complexity index is 1080. The van der Waals surface area contributed by atoms with Crippen LogP contribution in [0.5, 0.6) is 11.5 Å². The van der Waals surface area contributed by atoms with Gasteiger partial charge < -0.3 is 14.0 Å². The van der Waals surface area contributed by atoms with E-state index in [0.29, 0.717) is 30.3 Å². The predicted octanol–water partition coefficient (Wildman–Crippen LogP) is 4.95. The van der Waals surface area contributed by atoms with E-state index in [9.17, 15) is 13.2 Å². The average Bonchev–Trinajstić information content (AvgIpc) is 3.16. The molecular weight excluding hydrogens is 411 g/mol. The molecule has 0 unspecified atom stereocenters. The number of benzene rings is 1. The number of nitrogens with zero attached hydrogens (tertiary/aromatic N) is 3. The molecule has 3 aromatic rings. The van der Waals surface area contributed by atoms with E-state index < -0.39 is 11.7 Å². The fourth-order valence-electron chi connectivity index (χ4n) is 4.34. The van der Waals surface area contributed by atoms with Crippen molar-refractivity contribution in [1.82, 2.24) is 15.0 Å². The minimum Gasteiger partial charge on any atom is -0.493 e. The standard InChI is InChI=1S/C22H24F3N3O3/c1-13-10-16(22(23,24)25)18-19(27-31-21(18)26-13)14-7-5-9-28(11-14)12-15-6-4-8-17(29-2)20(15)30-3/h4,6,8,10,14H,5,7,9,11-12H2,1-3H3/t14-/m0/s1. The highest BCUT2D eigenvalue weighted by Gasteiger charge is 2.37. The van der Waals surface area contributed by atoms with Crippen LogP contribution in [-0.4, -0.2) is 42.3 Å². The number of para-hydroxylation sites is 1. The lowest BCUT2D eigenvalue weighted by atomic mass is 9.91. The summed E-state index contributed by atoms with van der Waals surface area (Å²) in [5.41, 5.74) is 0.739. The van der Waals surface area contributed by atoms with Crippen LogP contribution in [0.1, 0.15) is 41.3 Å². The molecule has 1 aliphatic heterocycles. The summed E-state index contributed by atoms with van der Waals surface area (Å²) >= 11 is 0. The highest BCUT2D eigenvalue weighted by molar-refractivity contribution is 5.81. The van der Waals surface area contributed by atoms with Crippen molar-refractivity contribution in [3.63, 3.8) is 0 Å². The maximum atomic E-state index is 13.7. The summed E-state index contributed by atoms with van der Waals surface area (Å²) in [6.07, 6.45) is -2.93. The van der Waals surface area contributed by atoms with E-state index >= 15 is 0 Å². The number of methoxy groups -OCH3 is 2. The number of aromatic nitrogens is 2. The number of fused-ring (bicyclic) bond motifs is 1. The van der Waals surface area contributed by atoms with Crippen LogP contribution in [0.25, 0.3) is 11.1 Å². The van der Waals surface area contributed by atoms with E-state index in [1.165, 1.54) is 6.92 Å². The van der Waals surface area contributed by atoms with Gasteiger partial charge in [0.25, 0.3) is 5.71 Å². The molecule has 1 saturated heterocycles. The number of alkyl halides is 3. The van der Waals surface area contributed by atoms with Crippen LogP contribution < -0.4 is 9.47 Å². The number of likely N-dealkylation sites (tertiary alicyclic amines) is 1. The van der Waals surface area contributed by atoms with Crippen LogP contribution in [0, 0.1) is 6.92 Å². The minimum atomic E-state index is -4.51. The van der Waals surface area contributed by atoms with Gasteiger partial charge in [-0.3, -0.25) is 4.90 Å². The molecule has 0 amide bonds. The predicted molar refractivity (Wildman–Crippen MR) is 108 cm³/mol. The number of halogens is 3. The molecule has 2 aromatic heterocycles. The van der Waals surface area contributed by atoms with Crippen LogP contribution in [0.15, 0.2) is 28.8 Å². The first-order chi connectivity index (χ1) is 14.8. The molecule has 6 nitrogen and oxygen atoms in total. The van der Waals surface area contributed by atoms with Gasteiger partial charge in [-0.1, -0.05) is 17.3 Å². The Morgan fingerprint density at radius 2 is 2.03 bits per heavy atom. The zero-order chi connectivity index (χ0) is 22.2. The smallest absolute Gasteiger partial charge is 0.417 e. The van der Waals surface area contributed by atoms with E-state index in [2.05, 4.69) is 15.0 Å². The SMILES string of the molecule is COc1cccc(CN2CCC[C@H](c3noc4nc(C)cc(C(F)(F)F)c34)C2)c1OC. The molecule has 1 atom stereocenters. The Kier molecular flexibility index (Phi) is 5.79. The summed E-state index contributed by atoms with van der Waals surface area (Å²) < 4.78 is 57.2. The van der Waals surface area contributed by atoms with Crippen molar-refractivity contribution in [3.8, 4) is 11.5 Å². The topological polar surface area (TPSA) is 60.6 Å². The number of hydrogen-bond donors (Lipinski definition) is 0. The van der Waals surface area contributed by atoms with E-state index in [0.717, 1.165) is 31.0 Å². The van der Waals surface area contributed by atoms with Crippen LogP contribution in [0.2, 0.25) is 0 Å². The third kappa shape index (κ3) is 4.19. The number of rotatable bonds is 5. The molecule has 1 aliphatic rings. The first-order valence-corrected chi connectivity index (χ1v) is 10.1. The van der Waals surface area contributed by atoms with Crippen LogP contribution >= 0.6 is 0 Å². The Hall–Kier alpha value is -2.81. The summed E-state index contributed by atoms with van der Waals surface area (Å²) in [5, 5.41) is 4.00. The molecule has 0 N–H and O–H groups in total. The van der Waals surface area contributed by atoms with Crippen molar-refractivity contribution < 1.29 is 27.2 Å². The summed E-state index contributed by atoms with van der Waals surface area (Å²) in [5.74, 6) is 1.13. The summed E-state index contributed by atoms with van der Waals surface area (Å²) in [4.78, 5) is 6.32. The second-order valence-electron chi connectivity index (χ2n) is 7.78. The molecule has 0 spiro atoms. The van der Waals surface area contributed by atoms with E-state index in [1.807, 2.05) is 18.2 Å². The number of ether oxygens (including phenoxy) is 2. The van der Waals surface area contributed by atoms with E-state index in [-0.39, 0.29) is 22.7 Å². The van der Waals surface area contributed by atoms with E-state index in [1.54, 1.807) is 14.2 Å². The molecule has 1 aromatic carbocycles. The van der Waals surface area contributed by atoms with Gasteiger partial charge in [-0.15, -0.1) is 0 Å². The largest absolute Gasteiger partial charge is 0.493 e. The van der Waals surface area contributed by atoms with Gasteiger partial charge in [-0.2, -0.15) is 13.2 Å². The van der Waals surface area contributed by atoms with Gasteiger partial charge in [-0.25, -0.2) is 4.98 Å². The summed E-state index contributed by atoms with van der Waals surface area (Å²) in [6, 6.07) is 6.75. The van der Waals surface area contributed by atoms with Crippen molar-refractivity contribution in [2.24, 2.45) is 0 Å². The molecule has 3 heterocycles. The number of aryl methyl sites for hydroxylation is 1. The molecule has 9 heteroatoms. The van der Waals surface area contributed by atoms with Crippen LogP contribution in [0.4, 0.5) is 13.2 Å². The summed E-state index contributed by atoms with van der Waals surface area (Å²) in [6.45, 7) is 3.50. The molecule has 4 rings (SSSR count). The maximum absolute atomic E-state index is 13.7. The zero-order valence-electron chi connectivity index (χ0n) is 17.6. The normalized spacial score (nSPS) is 17.8. The van der Waals surface area contributed by atoms with Crippen molar-refractivity contribution >= 4 is 11.1 Å². The zero-order valence-corrected chi connectivity index (χ0v) is 17.6. The molecular formula is C22H24F3N3O3. The second kappa shape index (κ2) is 8.37. The number of hydrogen-bond acceptors (Lipinski definition) is 6. The average molecular weight is 435 g/mol. The molecule has 0 bridgehead atoms. The molecule has 166 valence electrons. The third-order valence-electron chi connectivity index (χ3n) is 5.68. The fourth-order valence-corrected chi connectivity index (χ4v) is 4.34. The summed E-state index contributed by atoms with van der Waals surface area (Å²) in [7, 11) is 3.18. The van der Waals surface area contributed by atoms with Gasteiger partial charge in [0.1, 0.15) is 0 Å². The molecule has 31 heavy (non-hydrogen) atoms. The number of piperidine rings is 1. The highest BCUT2D eigenvalue weighted by atomic mass is 19.4. The Balaban J connectivity index is 1.64. The van der Waals surface area contributed by atoms with Gasteiger partial charge in [0.2, 0.25) is 0 Å². The maximum Gasteiger partial charge on any atom is 0.417 e. The van der Waals surface area contributed by atoms with Crippen molar-refractivity contribution in [1.29, 1.82) is 0 Å². The van der Waals surface area contributed by atoms with E-state index in [4.69, 9.17) is 14.0 Å². The minimum absolute atomic E-state index is 0.0242. The van der Waals surface area contributed by atoms with Crippen molar-refractivity contribution in [2.75, 3.05) is 27.3 Å². The molecule has 0 saturated carbocycles. The van der Waals surface area contributed by atoms with Gasteiger partial charge in [0.15, 0.2) is 11.5 Å². The molecule has 1 fully saturated rings. The quantitative estimate of drug-likeness (QED) is 0.565. The Morgan fingerprint density at radius 3 is 2.74 bits per heavy atom.